The number of ether oxygens (including phenoxy) is 1. The molecule has 5 nitrogen and oxygen atoms in total. The summed E-state index contributed by atoms with van der Waals surface area (Å²) in [6.45, 7) is 2.97. The number of anilines is 2. The summed E-state index contributed by atoms with van der Waals surface area (Å²) in [7, 11) is 1.60. The van der Waals surface area contributed by atoms with Crippen molar-refractivity contribution in [1.29, 1.82) is 0 Å². The van der Waals surface area contributed by atoms with Gasteiger partial charge in [-0.05, 0) is 36.8 Å². The first kappa shape index (κ1) is 16.5. The first-order valence-corrected chi connectivity index (χ1v) is 7.65. The topological polar surface area (TPSA) is 63.2 Å². The molecule has 0 radical (unpaired) electrons. The Morgan fingerprint density at radius 1 is 1.27 bits per heavy atom. The monoisotopic (exact) mass is 363 g/mol. The predicted octanol–water partition coefficient (Wildman–Crippen LogP) is 3.27. The second kappa shape index (κ2) is 7.91. The molecule has 2 N–H and O–H groups in total. The normalized spacial score (nSPS) is 10.3. The van der Waals surface area contributed by atoms with Gasteiger partial charge in [-0.15, -0.1) is 0 Å². The number of hydrogen-bond donors (Lipinski definition) is 2. The molecule has 0 aliphatic heterocycles. The summed E-state index contributed by atoms with van der Waals surface area (Å²) in [6, 6.07) is 7.73. The average Bonchev–Trinajstić information content (AvgIpc) is 2.51. The Morgan fingerprint density at radius 2 is 2.09 bits per heavy atom. The smallest absolute Gasteiger partial charge is 0.253 e. The van der Waals surface area contributed by atoms with Crippen molar-refractivity contribution in [3.8, 4) is 0 Å². The fourth-order valence-corrected chi connectivity index (χ4v) is 2.14. The Labute approximate surface area is 138 Å². The van der Waals surface area contributed by atoms with Gasteiger partial charge in [0.05, 0.1) is 24.1 Å². The van der Waals surface area contributed by atoms with Crippen LogP contribution in [0.5, 0.6) is 0 Å². The van der Waals surface area contributed by atoms with E-state index in [0.717, 1.165) is 21.4 Å². The third-order valence-corrected chi connectivity index (χ3v) is 3.93. The molecule has 1 heterocycles. The highest BCUT2D eigenvalue weighted by Crippen LogP contribution is 2.23. The van der Waals surface area contributed by atoms with Crippen molar-refractivity contribution in [2.75, 3.05) is 25.6 Å². The molecule has 0 saturated heterocycles. The van der Waals surface area contributed by atoms with Gasteiger partial charge < -0.3 is 15.4 Å². The Morgan fingerprint density at radius 3 is 2.82 bits per heavy atom. The number of carbonyl (C=O) groups is 1. The summed E-state index contributed by atoms with van der Waals surface area (Å²) in [6.07, 6.45) is 3.23. The van der Waals surface area contributed by atoms with E-state index in [4.69, 9.17) is 4.74 Å². The van der Waals surface area contributed by atoms with Crippen molar-refractivity contribution in [2.24, 2.45) is 0 Å². The SMILES string of the molecule is COCCNC(=O)c1cncc(Nc2ccc(Br)c(C)c2)c1. The van der Waals surface area contributed by atoms with Gasteiger partial charge in [-0.25, -0.2) is 0 Å². The highest BCUT2D eigenvalue weighted by Gasteiger charge is 2.07. The van der Waals surface area contributed by atoms with Gasteiger partial charge in [0.2, 0.25) is 0 Å². The zero-order valence-electron chi connectivity index (χ0n) is 12.5. The molecule has 0 spiro atoms. The molecule has 22 heavy (non-hydrogen) atoms. The summed E-state index contributed by atoms with van der Waals surface area (Å²) in [5.74, 6) is -0.166. The molecule has 1 amide bonds. The number of benzene rings is 1. The van der Waals surface area contributed by atoms with Gasteiger partial charge in [-0.1, -0.05) is 15.9 Å². The standard InChI is InChI=1S/C16H18BrN3O2/c1-11-7-13(3-4-15(11)17)20-14-8-12(9-18-10-14)16(21)19-5-6-22-2/h3-4,7-10,20H,5-6H2,1-2H3,(H,19,21). The molecule has 1 aromatic heterocycles. The maximum Gasteiger partial charge on any atom is 0.253 e. The van der Waals surface area contributed by atoms with Crippen LogP contribution in [0, 0.1) is 6.92 Å². The van der Waals surface area contributed by atoms with Gasteiger partial charge in [0.25, 0.3) is 5.91 Å². The van der Waals surface area contributed by atoms with Crippen molar-refractivity contribution in [3.63, 3.8) is 0 Å². The first-order chi connectivity index (χ1) is 10.6. The second-order valence-corrected chi connectivity index (χ2v) is 5.65. The van der Waals surface area contributed by atoms with Crippen molar-refractivity contribution < 1.29 is 9.53 Å². The minimum Gasteiger partial charge on any atom is -0.383 e. The van der Waals surface area contributed by atoms with Crippen LogP contribution in [0.15, 0.2) is 41.1 Å². The Kier molecular flexibility index (Phi) is 5.91. The third-order valence-electron chi connectivity index (χ3n) is 3.04. The molecule has 0 aliphatic carbocycles. The third kappa shape index (κ3) is 4.54. The van der Waals surface area contributed by atoms with E-state index >= 15 is 0 Å². The van der Waals surface area contributed by atoms with E-state index in [1.165, 1.54) is 0 Å². The van der Waals surface area contributed by atoms with Gasteiger partial charge in [0.1, 0.15) is 0 Å². The van der Waals surface area contributed by atoms with Gasteiger partial charge in [-0.3, -0.25) is 9.78 Å². The van der Waals surface area contributed by atoms with Crippen LogP contribution in [-0.2, 0) is 4.74 Å². The number of pyridine rings is 1. The molecule has 0 atom stereocenters. The quantitative estimate of drug-likeness (QED) is 0.773. The lowest BCUT2D eigenvalue weighted by Crippen LogP contribution is -2.27. The summed E-state index contributed by atoms with van der Waals surface area (Å²) in [5, 5.41) is 6.02. The van der Waals surface area contributed by atoms with Crippen molar-refractivity contribution >= 4 is 33.2 Å². The highest BCUT2D eigenvalue weighted by molar-refractivity contribution is 9.10. The highest BCUT2D eigenvalue weighted by atomic mass is 79.9. The van der Waals surface area contributed by atoms with Gasteiger partial charge in [0, 0.05) is 30.0 Å². The van der Waals surface area contributed by atoms with Crippen LogP contribution in [0.3, 0.4) is 0 Å². The molecule has 1 aromatic carbocycles. The number of amides is 1. The van der Waals surface area contributed by atoms with Crippen LogP contribution in [0.1, 0.15) is 15.9 Å². The maximum absolute atomic E-state index is 12.0. The van der Waals surface area contributed by atoms with E-state index in [1.54, 1.807) is 25.6 Å². The number of hydrogen-bond acceptors (Lipinski definition) is 4. The number of nitrogens with one attached hydrogen (secondary N) is 2. The van der Waals surface area contributed by atoms with Crippen molar-refractivity contribution in [3.05, 3.63) is 52.3 Å². The number of aryl methyl sites for hydroxylation is 1. The molecular weight excluding hydrogens is 346 g/mol. The minimum absolute atomic E-state index is 0.166. The lowest BCUT2D eigenvalue weighted by molar-refractivity contribution is 0.0937. The van der Waals surface area contributed by atoms with E-state index < -0.39 is 0 Å². The molecule has 0 aliphatic rings. The molecule has 6 heteroatoms. The van der Waals surface area contributed by atoms with Crippen LogP contribution in [0.4, 0.5) is 11.4 Å². The Hall–Kier alpha value is -1.92. The second-order valence-electron chi connectivity index (χ2n) is 4.80. The molecule has 2 aromatic rings. The number of rotatable bonds is 6. The molecular formula is C16H18BrN3O2. The fraction of sp³-hybridized carbons (Fsp3) is 0.250. The zero-order chi connectivity index (χ0) is 15.9. The molecule has 0 unspecified atom stereocenters. The number of methoxy groups -OCH3 is 1. The summed E-state index contributed by atoms with van der Waals surface area (Å²) in [5.41, 5.74) is 3.35. The summed E-state index contributed by atoms with van der Waals surface area (Å²) >= 11 is 3.47. The van der Waals surface area contributed by atoms with Crippen molar-refractivity contribution in [1.82, 2.24) is 10.3 Å². The van der Waals surface area contributed by atoms with E-state index in [9.17, 15) is 4.79 Å². The fourth-order valence-electron chi connectivity index (χ4n) is 1.89. The summed E-state index contributed by atoms with van der Waals surface area (Å²) in [4.78, 5) is 16.1. The molecule has 0 bridgehead atoms. The molecule has 116 valence electrons. The predicted molar refractivity (Wildman–Crippen MR) is 90.6 cm³/mol. The van der Waals surface area contributed by atoms with Crippen LogP contribution in [0.25, 0.3) is 0 Å². The van der Waals surface area contributed by atoms with Gasteiger partial charge >= 0.3 is 0 Å². The first-order valence-electron chi connectivity index (χ1n) is 6.85. The Bertz CT molecular complexity index is 662. The van der Waals surface area contributed by atoms with E-state index in [1.807, 2.05) is 25.1 Å². The lowest BCUT2D eigenvalue weighted by Gasteiger charge is -2.09. The van der Waals surface area contributed by atoms with E-state index in [-0.39, 0.29) is 5.91 Å². The molecule has 0 fully saturated rings. The van der Waals surface area contributed by atoms with Crippen LogP contribution in [0.2, 0.25) is 0 Å². The van der Waals surface area contributed by atoms with E-state index in [0.29, 0.717) is 18.7 Å². The van der Waals surface area contributed by atoms with Crippen LogP contribution < -0.4 is 10.6 Å². The number of aromatic nitrogens is 1. The largest absolute Gasteiger partial charge is 0.383 e. The van der Waals surface area contributed by atoms with Crippen LogP contribution in [-0.4, -0.2) is 31.2 Å². The van der Waals surface area contributed by atoms with Gasteiger partial charge in [-0.2, -0.15) is 0 Å². The van der Waals surface area contributed by atoms with Crippen molar-refractivity contribution in [2.45, 2.75) is 6.92 Å². The molecule has 0 saturated carbocycles. The number of carbonyl (C=O) groups excluding carboxylic acids is 1. The number of nitrogens with zero attached hydrogens (tertiary/aromatic N) is 1. The number of halogens is 1. The maximum atomic E-state index is 12.0. The summed E-state index contributed by atoms with van der Waals surface area (Å²) < 4.78 is 5.96. The minimum atomic E-state index is -0.166. The zero-order valence-corrected chi connectivity index (χ0v) is 14.1. The van der Waals surface area contributed by atoms with Gasteiger partial charge in [0.15, 0.2) is 0 Å². The Balaban J connectivity index is 2.07. The van der Waals surface area contributed by atoms with E-state index in [2.05, 4.69) is 31.5 Å². The molecule has 2 rings (SSSR count). The average molecular weight is 364 g/mol. The lowest BCUT2D eigenvalue weighted by atomic mass is 10.2. The van der Waals surface area contributed by atoms with Crippen LogP contribution >= 0.6 is 15.9 Å².